The van der Waals surface area contributed by atoms with Gasteiger partial charge in [0.1, 0.15) is 11.9 Å². The number of unbranched alkanes of at least 4 members (excludes halogenated alkanes) is 1. The van der Waals surface area contributed by atoms with Gasteiger partial charge in [0, 0.05) is 30.3 Å². The fraction of sp³-hybridized carbons (Fsp3) is 0.310. The standard InChI is InChI=1S/C29H32ClFN2O2S/c1-2-3-17-32-29(35)27(18-22-11-5-4-6-12-22)33(19-23-13-7-9-15-25(23)30)28(34)21-36-20-24-14-8-10-16-26(24)31/h4-16,27H,2-3,17-21H2,1H3,(H,32,35)/t27-/m1/s1. The molecule has 3 aromatic carbocycles. The highest BCUT2D eigenvalue weighted by molar-refractivity contribution is 7.99. The van der Waals surface area contributed by atoms with Gasteiger partial charge in [-0.1, -0.05) is 91.7 Å². The zero-order valence-corrected chi connectivity index (χ0v) is 22.0. The fourth-order valence-electron chi connectivity index (χ4n) is 3.82. The van der Waals surface area contributed by atoms with Crippen molar-refractivity contribution in [2.45, 2.75) is 44.5 Å². The molecule has 3 aromatic rings. The van der Waals surface area contributed by atoms with Crippen LogP contribution in [0.25, 0.3) is 0 Å². The van der Waals surface area contributed by atoms with E-state index in [1.54, 1.807) is 29.2 Å². The van der Waals surface area contributed by atoms with E-state index in [9.17, 15) is 14.0 Å². The first kappa shape index (κ1) is 27.8. The molecule has 0 aliphatic rings. The summed E-state index contributed by atoms with van der Waals surface area (Å²) < 4.78 is 14.1. The molecular formula is C29H32ClFN2O2S. The summed E-state index contributed by atoms with van der Waals surface area (Å²) in [7, 11) is 0. The molecule has 36 heavy (non-hydrogen) atoms. The van der Waals surface area contributed by atoms with Crippen LogP contribution in [0.15, 0.2) is 78.9 Å². The highest BCUT2D eigenvalue weighted by atomic mass is 35.5. The summed E-state index contributed by atoms with van der Waals surface area (Å²) >= 11 is 7.77. The molecule has 3 rings (SSSR count). The summed E-state index contributed by atoms with van der Waals surface area (Å²) in [4.78, 5) is 28.6. The smallest absolute Gasteiger partial charge is 0.243 e. The molecule has 0 heterocycles. The summed E-state index contributed by atoms with van der Waals surface area (Å²) in [5.74, 6) is -0.186. The Morgan fingerprint density at radius 2 is 1.64 bits per heavy atom. The van der Waals surface area contributed by atoms with Gasteiger partial charge in [-0.3, -0.25) is 9.59 Å². The summed E-state index contributed by atoms with van der Waals surface area (Å²) in [6.45, 7) is 2.82. The quantitative estimate of drug-likeness (QED) is 0.267. The van der Waals surface area contributed by atoms with Gasteiger partial charge >= 0.3 is 0 Å². The van der Waals surface area contributed by atoms with Gasteiger partial charge in [0.25, 0.3) is 0 Å². The van der Waals surface area contributed by atoms with E-state index in [1.807, 2.05) is 48.5 Å². The van der Waals surface area contributed by atoms with E-state index in [4.69, 9.17) is 11.6 Å². The molecule has 0 spiro atoms. The van der Waals surface area contributed by atoms with Crippen molar-refractivity contribution in [3.8, 4) is 0 Å². The van der Waals surface area contributed by atoms with Crippen LogP contribution in [0.4, 0.5) is 4.39 Å². The molecule has 0 aliphatic carbocycles. The zero-order valence-electron chi connectivity index (χ0n) is 20.5. The average molecular weight is 527 g/mol. The van der Waals surface area contributed by atoms with Crippen LogP contribution in [-0.2, 0) is 28.3 Å². The van der Waals surface area contributed by atoms with Crippen molar-refractivity contribution in [1.29, 1.82) is 0 Å². The van der Waals surface area contributed by atoms with Crippen LogP contribution in [0.3, 0.4) is 0 Å². The minimum Gasteiger partial charge on any atom is -0.354 e. The molecular weight excluding hydrogens is 495 g/mol. The van der Waals surface area contributed by atoms with Crippen molar-refractivity contribution < 1.29 is 14.0 Å². The SMILES string of the molecule is CCCCNC(=O)[C@@H](Cc1ccccc1)N(Cc1ccccc1Cl)C(=O)CSCc1ccccc1F. The Kier molecular flexibility index (Phi) is 11.3. The molecule has 4 nitrogen and oxygen atoms in total. The molecule has 0 saturated carbocycles. The average Bonchev–Trinajstić information content (AvgIpc) is 2.89. The van der Waals surface area contributed by atoms with Gasteiger partial charge in [-0.25, -0.2) is 4.39 Å². The number of nitrogens with one attached hydrogen (secondary N) is 1. The predicted octanol–water partition coefficient (Wildman–Crippen LogP) is 6.27. The van der Waals surface area contributed by atoms with Gasteiger partial charge in [-0.05, 0) is 35.2 Å². The van der Waals surface area contributed by atoms with Crippen LogP contribution in [-0.4, -0.2) is 35.1 Å². The highest BCUT2D eigenvalue weighted by Crippen LogP contribution is 2.22. The Morgan fingerprint density at radius 3 is 2.33 bits per heavy atom. The topological polar surface area (TPSA) is 49.4 Å². The van der Waals surface area contributed by atoms with Gasteiger partial charge < -0.3 is 10.2 Å². The van der Waals surface area contributed by atoms with Crippen LogP contribution < -0.4 is 5.32 Å². The first-order valence-electron chi connectivity index (χ1n) is 12.1. The number of carbonyl (C=O) groups is 2. The zero-order chi connectivity index (χ0) is 25.8. The summed E-state index contributed by atoms with van der Waals surface area (Å²) in [6.07, 6.45) is 2.20. The van der Waals surface area contributed by atoms with Crippen molar-refractivity contribution in [1.82, 2.24) is 10.2 Å². The third-order valence-corrected chi connectivity index (χ3v) is 7.18. The van der Waals surface area contributed by atoms with Crippen molar-refractivity contribution in [2.24, 2.45) is 0 Å². The van der Waals surface area contributed by atoms with Gasteiger partial charge in [0.2, 0.25) is 11.8 Å². The molecule has 7 heteroatoms. The molecule has 0 aromatic heterocycles. The van der Waals surface area contributed by atoms with Crippen molar-refractivity contribution in [3.05, 3.63) is 106 Å². The molecule has 1 N–H and O–H groups in total. The lowest BCUT2D eigenvalue weighted by Gasteiger charge is -2.32. The lowest BCUT2D eigenvalue weighted by molar-refractivity contribution is -0.139. The second-order valence-corrected chi connectivity index (χ2v) is 9.94. The molecule has 2 amide bonds. The number of halogens is 2. The number of thioether (sulfide) groups is 1. The van der Waals surface area contributed by atoms with Crippen molar-refractivity contribution >= 4 is 35.2 Å². The monoisotopic (exact) mass is 526 g/mol. The number of rotatable bonds is 13. The Bertz CT molecular complexity index is 1130. The predicted molar refractivity (Wildman–Crippen MR) is 146 cm³/mol. The van der Waals surface area contributed by atoms with E-state index in [2.05, 4.69) is 12.2 Å². The Hall–Kier alpha value is -2.83. The van der Waals surface area contributed by atoms with E-state index >= 15 is 0 Å². The maximum absolute atomic E-state index is 14.1. The van der Waals surface area contributed by atoms with Crippen LogP contribution in [0.1, 0.15) is 36.5 Å². The van der Waals surface area contributed by atoms with E-state index in [0.29, 0.717) is 29.3 Å². The maximum atomic E-state index is 14.1. The van der Waals surface area contributed by atoms with Gasteiger partial charge in [-0.15, -0.1) is 11.8 Å². The second kappa shape index (κ2) is 14.7. The van der Waals surface area contributed by atoms with E-state index in [-0.39, 0.29) is 29.9 Å². The number of hydrogen-bond acceptors (Lipinski definition) is 3. The molecule has 0 saturated heterocycles. The molecule has 0 aliphatic heterocycles. The molecule has 0 radical (unpaired) electrons. The third-order valence-electron chi connectivity index (χ3n) is 5.84. The van der Waals surface area contributed by atoms with Gasteiger partial charge in [0.15, 0.2) is 0 Å². The molecule has 0 bridgehead atoms. The Labute approximate surface area is 222 Å². The minimum atomic E-state index is -0.706. The second-order valence-electron chi connectivity index (χ2n) is 8.55. The number of benzene rings is 3. The summed E-state index contributed by atoms with van der Waals surface area (Å²) in [6, 6.07) is 22.9. The highest BCUT2D eigenvalue weighted by Gasteiger charge is 2.30. The maximum Gasteiger partial charge on any atom is 0.243 e. The molecule has 0 fully saturated rings. The number of hydrogen-bond donors (Lipinski definition) is 1. The van der Waals surface area contributed by atoms with E-state index < -0.39 is 6.04 Å². The third kappa shape index (κ3) is 8.38. The summed E-state index contributed by atoms with van der Waals surface area (Å²) in [5, 5.41) is 3.55. The number of amides is 2. The van der Waals surface area contributed by atoms with E-state index in [1.165, 1.54) is 17.8 Å². The number of carbonyl (C=O) groups excluding carboxylic acids is 2. The first-order valence-corrected chi connectivity index (χ1v) is 13.7. The molecule has 1 atom stereocenters. The van der Waals surface area contributed by atoms with Crippen molar-refractivity contribution in [2.75, 3.05) is 12.3 Å². The Balaban J connectivity index is 1.85. The van der Waals surface area contributed by atoms with Gasteiger partial charge in [0.05, 0.1) is 5.75 Å². The fourth-order valence-corrected chi connectivity index (χ4v) is 4.91. The van der Waals surface area contributed by atoms with E-state index in [0.717, 1.165) is 24.0 Å². The van der Waals surface area contributed by atoms with Crippen LogP contribution >= 0.6 is 23.4 Å². The Morgan fingerprint density at radius 1 is 0.972 bits per heavy atom. The lowest BCUT2D eigenvalue weighted by Crippen LogP contribution is -2.51. The minimum absolute atomic E-state index is 0.117. The molecule has 0 unspecified atom stereocenters. The van der Waals surface area contributed by atoms with Crippen LogP contribution in [0.5, 0.6) is 0 Å². The van der Waals surface area contributed by atoms with Crippen LogP contribution in [0.2, 0.25) is 5.02 Å². The summed E-state index contributed by atoms with van der Waals surface area (Å²) in [5.41, 5.74) is 2.28. The van der Waals surface area contributed by atoms with Crippen LogP contribution in [0, 0.1) is 5.82 Å². The largest absolute Gasteiger partial charge is 0.354 e. The molecule has 190 valence electrons. The van der Waals surface area contributed by atoms with Crippen molar-refractivity contribution in [3.63, 3.8) is 0 Å². The van der Waals surface area contributed by atoms with Gasteiger partial charge in [-0.2, -0.15) is 0 Å². The normalized spacial score (nSPS) is 11.6. The number of nitrogens with zero attached hydrogens (tertiary/aromatic N) is 1. The lowest BCUT2D eigenvalue weighted by atomic mass is 10.0. The first-order chi connectivity index (χ1) is 17.5.